The molecule has 1 aliphatic carbocycles. The first-order valence-corrected chi connectivity index (χ1v) is 10.4. The van der Waals surface area contributed by atoms with E-state index < -0.39 is 0 Å². The minimum absolute atomic E-state index is 0.231. The fourth-order valence-electron chi connectivity index (χ4n) is 5.14. The van der Waals surface area contributed by atoms with Crippen LogP contribution in [0.15, 0.2) is 54.1 Å². The fourth-order valence-corrected chi connectivity index (χ4v) is 5.14. The van der Waals surface area contributed by atoms with Crippen LogP contribution in [0.1, 0.15) is 70.1 Å². The highest BCUT2D eigenvalue weighted by Crippen LogP contribution is 2.50. The molecule has 1 aliphatic rings. The van der Waals surface area contributed by atoms with Gasteiger partial charge in [0, 0.05) is 6.61 Å². The molecular weight excluding hydrogens is 344 g/mol. The monoisotopic (exact) mass is 378 g/mol. The van der Waals surface area contributed by atoms with Gasteiger partial charge in [0.1, 0.15) is 5.75 Å². The van der Waals surface area contributed by atoms with Crippen LogP contribution in [0.3, 0.4) is 0 Å². The summed E-state index contributed by atoms with van der Waals surface area (Å²) in [6, 6.07) is 16.4. The molecule has 2 aromatic carbocycles. The molecule has 28 heavy (non-hydrogen) atoms. The Labute approximate surface area is 169 Å². The normalized spacial score (nSPS) is 18.1. The Hall–Kier alpha value is -2.06. The minimum atomic E-state index is 0.231. The summed E-state index contributed by atoms with van der Waals surface area (Å²) in [6.45, 7) is 9.73. The Kier molecular flexibility index (Phi) is 6.00. The predicted octanol–water partition coefficient (Wildman–Crippen LogP) is 6.36. The molecule has 0 unspecified atom stereocenters. The average Bonchev–Trinajstić information content (AvgIpc) is 2.60. The topological polar surface area (TPSA) is 40.5 Å². The van der Waals surface area contributed by atoms with Gasteiger partial charge in [-0.1, -0.05) is 69.7 Å². The maximum atomic E-state index is 9.77. The maximum absolute atomic E-state index is 9.77. The molecule has 0 aromatic heterocycles. The quantitative estimate of drug-likeness (QED) is 0.636. The summed E-state index contributed by atoms with van der Waals surface area (Å²) in [6.07, 6.45) is 5.12. The Balaban J connectivity index is 2.09. The number of rotatable bonds is 5. The second kappa shape index (κ2) is 8.13. The van der Waals surface area contributed by atoms with E-state index in [4.69, 9.17) is 5.11 Å². The number of aryl methyl sites for hydroxylation is 1. The molecule has 0 heterocycles. The lowest BCUT2D eigenvalue weighted by atomic mass is 9.62. The van der Waals surface area contributed by atoms with Crippen LogP contribution in [0.25, 0.3) is 5.57 Å². The highest BCUT2D eigenvalue weighted by Gasteiger charge is 2.37. The lowest BCUT2D eigenvalue weighted by molar-refractivity contribution is 0.154. The van der Waals surface area contributed by atoms with Gasteiger partial charge >= 0.3 is 0 Å². The Morgan fingerprint density at radius 2 is 1.32 bits per heavy atom. The van der Waals surface area contributed by atoms with Crippen LogP contribution in [-0.4, -0.2) is 16.8 Å². The largest absolute Gasteiger partial charge is 0.508 e. The van der Waals surface area contributed by atoms with Crippen molar-refractivity contribution in [2.75, 3.05) is 6.61 Å². The van der Waals surface area contributed by atoms with Crippen LogP contribution in [0.2, 0.25) is 0 Å². The highest BCUT2D eigenvalue weighted by molar-refractivity contribution is 5.82. The Morgan fingerprint density at radius 3 is 1.82 bits per heavy atom. The van der Waals surface area contributed by atoms with Crippen LogP contribution in [0, 0.1) is 10.8 Å². The molecule has 0 radical (unpaired) electrons. The summed E-state index contributed by atoms with van der Waals surface area (Å²) in [7, 11) is 0. The summed E-state index contributed by atoms with van der Waals surface area (Å²) in [4.78, 5) is 0. The molecule has 0 spiro atoms. The van der Waals surface area contributed by atoms with Crippen molar-refractivity contribution in [2.24, 2.45) is 10.8 Å². The van der Waals surface area contributed by atoms with E-state index in [-0.39, 0.29) is 17.4 Å². The van der Waals surface area contributed by atoms with Gasteiger partial charge in [0.2, 0.25) is 0 Å². The number of hydrogen-bond donors (Lipinski definition) is 2. The molecular formula is C26H34O2. The predicted molar refractivity (Wildman–Crippen MR) is 117 cm³/mol. The first-order valence-electron chi connectivity index (χ1n) is 10.4. The number of aromatic hydroxyl groups is 1. The van der Waals surface area contributed by atoms with E-state index in [1.165, 1.54) is 34.3 Å². The fraction of sp³-hybridized carbons (Fsp3) is 0.462. The van der Waals surface area contributed by atoms with E-state index in [0.29, 0.717) is 5.75 Å². The molecule has 3 rings (SSSR count). The second-order valence-electron chi connectivity index (χ2n) is 9.91. The summed E-state index contributed by atoms with van der Waals surface area (Å²) in [5.41, 5.74) is 7.05. The van der Waals surface area contributed by atoms with Crippen molar-refractivity contribution in [2.45, 2.75) is 59.8 Å². The molecule has 2 nitrogen and oxygen atoms in total. The minimum Gasteiger partial charge on any atom is -0.508 e. The van der Waals surface area contributed by atoms with Gasteiger partial charge in [-0.15, -0.1) is 0 Å². The van der Waals surface area contributed by atoms with Gasteiger partial charge in [0.25, 0.3) is 0 Å². The van der Waals surface area contributed by atoms with Crippen LogP contribution < -0.4 is 0 Å². The summed E-state index contributed by atoms with van der Waals surface area (Å²) >= 11 is 0. The molecule has 0 saturated heterocycles. The van der Waals surface area contributed by atoms with E-state index in [0.717, 1.165) is 25.7 Å². The molecule has 0 bridgehead atoms. The zero-order valence-corrected chi connectivity index (χ0v) is 17.8. The van der Waals surface area contributed by atoms with E-state index in [2.05, 4.69) is 52.0 Å². The Morgan fingerprint density at radius 1 is 0.821 bits per heavy atom. The van der Waals surface area contributed by atoms with Gasteiger partial charge in [0.15, 0.2) is 0 Å². The molecule has 0 aliphatic heterocycles. The van der Waals surface area contributed by atoms with E-state index in [9.17, 15) is 5.11 Å². The standard InChI is InChI=1S/C26H34O2/c1-25(2)16-22(17-26(3,4)18-25)24(21-11-13-23(28)14-12-21)20-9-7-19(8-10-20)6-5-15-27/h7-14,27-28H,5-6,15-18H2,1-4H3. The number of allylic oxidation sites excluding steroid dienone is 1. The molecule has 150 valence electrons. The second-order valence-corrected chi connectivity index (χ2v) is 9.91. The SMILES string of the molecule is CC1(C)CC(=C(c2ccc(O)cc2)c2ccc(CCCO)cc2)CC(C)(C)C1. The van der Waals surface area contributed by atoms with Gasteiger partial charge in [-0.3, -0.25) is 0 Å². The van der Waals surface area contributed by atoms with Crippen LogP contribution in [0.4, 0.5) is 0 Å². The molecule has 2 N–H and O–H groups in total. The number of hydrogen-bond acceptors (Lipinski definition) is 2. The first kappa shape index (κ1) is 20.7. The molecule has 2 aromatic rings. The van der Waals surface area contributed by atoms with Crippen molar-refractivity contribution >= 4 is 5.57 Å². The van der Waals surface area contributed by atoms with Gasteiger partial charge < -0.3 is 10.2 Å². The van der Waals surface area contributed by atoms with Gasteiger partial charge in [-0.05, 0) is 77.3 Å². The van der Waals surface area contributed by atoms with Crippen molar-refractivity contribution in [1.29, 1.82) is 0 Å². The summed E-state index contributed by atoms with van der Waals surface area (Å²) in [5.74, 6) is 0.303. The maximum Gasteiger partial charge on any atom is 0.115 e. The molecule has 1 saturated carbocycles. The van der Waals surface area contributed by atoms with Crippen molar-refractivity contribution in [1.82, 2.24) is 0 Å². The van der Waals surface area contributed by atoms with Crippen LogP contribution in [-0.2, 0) is 6.42 Å². The van der Waals surface area contributed by atoms with E-state index in [1.807, 2.05) is 12.1 Å². The third-order valence-corrected chi connectivity index (χ3v) is 5.72. The van der Waals surface area contributed by atoms with Gasteiger partial charge in [-0.2, -0.15) is 0 Å². The molecule has 0 amide bonds. The van der Waals surface area contributed by atoms with Crippen molar-refractivity contribution < 1.29 is 10.2 Å². The van der Waals surface area contributed by atoms with Crippen LogP contribution in [0.5, 0.6) is 5.75 Å². The highest BCUT2D eigenvalue weighted by atomic mass is 16.3. The third-order valence-electron chi connectivity index (χ3n) is 5.72. The number of aliphatic hydroxyl groups excluding tert-OH is 1. The molecule has 0 atom stereocenters. The smallest absolute Gasteiger partial charge is 0.115 e. The average molecular weight is 379 g/mol. The van der Waals surface area contributed by atoms with Gasteiger partial charge in [0.05, 0.1) is 0 Å². The first-order chi connectivity index (χ1) is 13.2. The van der Waals surface area contributed by atoms with Crippen molar-refractivity contribution in [3.05, 3.63) is 70.8 Å². The summed E-state index contributed by atoms with van der Waals surface area (Å²) < 4.78 is 0. The number of phenolic OH excluding ortho intramolecular Hbond substituents is 1. The summed E-state index contributed by atoms with van der Waals surface area (Å²) in [5, 5.41) is 18.8. The van der Waals surface area contributed by atoms with Gasteiger partial charge in [-0.25, -0.2) is 0 Å². The lowest BCUT2D eigenvalue weighted by Gasteiger charge is -2.43. The number of benzene rings is 2. The van der Waals surface area contributed by atoms with Crippen LogP contribution >= 0.6 is 0 Å². The lowest BCUT2D eigenvalue weighted by Crippen LogP contribution is -2.30. The Bertz CT molecular complexity index is 806. The molecule has 2 heteroatoms. The zero-order valence-electron chi connectivity index (χ0n) is 17.8. The van der Waals surface area contributed by atoms with Crippen molar-refractivity contribution in [3.63, 3.8) is 0 Å². The zero-order chi connectivity index (χ0) is 20.4. The van der Waals surface area contributed by atoms with E-state index >= 15 is 0 Å². The third kappa shape index (κ3) is 5.05. The van der Waals surface area contributed by atoms with Crippen molar-refractivity contribution in [3.8, 4) is 5.75 Å². The van der Waals surface area contributed by atoms with E-state index in [1.54, 1.807) is 12.1 Å². The number of phenols is 1. The molecule has 1 fully saturated rings. The number of aliphatic hydroxyl groups is 1.